The highest BCUT2D eigenvalue weighted by Crippen LogP contribution is 2.32. The first-order valence-electron chi connectivity index (χ1n) is 14.6. The van der Waals surface area contributed by atoms with Gasteiger partial charge in [-0.05, 0) is 65.6 Å². The van der Waals surface area contributed by atoms with Crippen LogP contribution in [0.25, 0.3) is 0 Å². The van der Waals surface area contributed by atoms with E-state index in [1.165, 1.54) is 12.8 Å². The van der Waals surface area contributed by atoms with Gasteiger partial charge in [0.05, 0.1) is 38.1 Å². The van der Waals surface area contributed by atoms with Crippen molar-refractivity contribution in [2.24, 2.45) is 17.8 Å². The Morgan fingerprint density at radius 1 is 0.775 bits per heavy atom. The van der Waals surface area contributed by atoms with Crippen molar-refractivity contribution in [1.82, 2.24) is 14.7 Å². The molecule has 0 bridgehead atoms. The van der Waals surface area contributed by atoms with Gasteiger partial charge in [-0.3, -0.25) is 14.7 Å². The average molecular weight is 580 g/mol. The highest BCUT2D eigenvalue weighted by molar-refractivity contribution is 4.87. The highest BCUT2D eigenvalue weighted by Gasteiger charge is 2.43. The van der Waals surface area contributed by atoms with E-state index in [0.29, 0.717) is 17.8 Å². The van der Waals surface area contributed by atoms with Crippen LogP contribution in [0.3, 0.4) is 0 Å². The topological polar surface area (TPSA) is 98.1 Å². The Kier molecular flexibility index (Phi) is 19.9. The molecule has 0 aromatic heterocycles. The third-order valence-electron chi connectivity index (χ3n) is 8.30. The van der Waals surface area contributed by atoms with Crippen molar-refractivity contribution in [3.8, 4) is 0 Å². The fraction of sp³-hybridized carbons (Fsp3) is 1.00. The predicted molar refractivity (Wildman–Crippen MR) is 166 cm³/mol. The van der Waals surface area contributed by atoms with E-state index in [1.54, 1.807) is 0 Å². The zero-order chi connectivity index (χ0) is 29.3. The molecule has 7 atom stereocenters. The lowest BCUT2D eigenvalue weighted by Crippen LogP contribution is -2.44. The zero-order valence-electron chi connectivity index (χ0n) is 26.3. The van der Waals surface area contributed by atoms with Crippen LogP contribution in [0.4, 0.5) is 0 Å². The molecular weight excluding hydrogens is 510 g/mol. The summed E-state index contributed by atoms with van der Waals surface area (Å²) in [6.45, 7) is 20.1. The first-order valence-corrected chi connectivity index (χ1v) is 14.6. The molecule has 0 aromatic carbocycles. The molecular formula is C31H69N3O6. The standard InChI is InChI=1S/2C10H21NO2.C9H19NO2.2CH4/c1-8(2)5-10(3)11(4)6-9(7-12)13-10;1-4-5-8(2)10-11(3)6-9(7-12)13-10;1-7(2)9(3)10(4)5-8(6-11)12-9;;/h8-9,12H,5-7H2,1-4H3;8-10,12H,4-7H2,1-3H3;7-8,11H,5-6H2,1-4H3;2*1H4. The number of likely N-dealkylation sites (N-methyl/N-ethyl adjacent to an activating group) is 3. The minimum absolute atomic E-state index is 0. The van der Waals surface area contributed by atoms with Crippen LogP contribution in [0, 0.1) is 17.8 Å². The summed E-state index contributed by atoms with van der Waals surface area (Å²) in [6, 6.07) is 0. The Balaban J connectivity index is 0. The third-order valence-corrected chi connectivity index (χ3v) is 8.30. The van der Waals surface area contributed by atoms with Gasteiger partial charge in [0.25, 0.3) is 0 Å². The maximum absolute atomic E-state index is 9.00. The second-order valence-electron chi connectivity index (χ2n) is 12.6. The average Bonchev–Trinajstić information content (AvgIpc) is 3.47. The largest absolute Gasteiger partial charge is 0.394 e. The SMILES string of the molecule is C.C.CC(C)C1(C)OC(CO)CN1C.CC(C)CC1(C)OC(CO)CN1C.CCCC(C)C1OC(CO)CN1C. The van der Waals surface area contributed by atoms with Crippen molar-refractivity contribution in [2.45, 2.75) is 125 Å². The lowest BCUT2D eigenvalue weighted by molar-refractivity contribution is -0.121. The molecule has 0 aromatic rings. The molecule has 3 heterocycles. The van der Waals surface area contributed by atoms with Gasteiger partial charge in [0.1, 0.15) is 17.7 Å². The van der Waals surface area contributed by atoms with E-state index in [9.17, 15) is 0 Å². The fourth-order valence-corrected chi connectivity index (χ4v) is 5.70. The summed E-state index contributed by atoms with van der Waals surface area (Å²) in [7, 11) is 6.15. The lowest BCUT2D eigenvalue weighted by atomic mass is 10.0. The monoisotopic (exact) mass is 580 g/mol. The van der Waals surface area contributed by atoms with Crippen molar-refractivity contribution < 1.29 is 29.5 Å². The van der Waals surface area contributed by atoms with Crippen molar-refractivity contribution >= 4 is 0 Å². The summed E-state index contributed by atoms with van der Waals surface area (Å²) in [5.41, 5.74) is -0.380. The lowest BCUT2D eigenvalue weighted by Gasteiger charge is -2.34. The van der Waals surface area contributed by atoms with Gasteiger partial charge in [-0.1, -0.05) is 62.8 Å². The van der Waals surface area contributed by atoms with Gasteiger partial charge in [-0.15, -0.1) is 0 Å². The Bertz CT molecular complexity index is 657. The van der Waals surface area contributed by atoms with Crippen LogP contribution >= 0.6 is 0 Å². The van der Waals surface area contributed by atoms with Crippen LogP contribution in [0.2, 0.25) is 0 Å². The van der Waals surface area contributed by atoms with Crippen LogP contribution in [-0.2, 0) is 14.2 Å². The maximum atomic E-state index is 9.00. The summed E-state index contributed by atoms with van der Waals surface area (Å²) in [4.78, 5) is 6.55. The Morgan fingerprint density at radius 3 is 1.62 bits per heavy atom. The maximum Gasteiger partial charge on any atom is 0.121 e. The minimum atomic E-state index is -0.201. The molecule has 3 N–H and O–H groups in total. The molecule has 3 saturated heterocycles. The summed E-state index contributed by atoms with van der Waals surface area (Å²) in [5.74, 6) is 1.62. The van der Waals surface area contributed by atoms with Crippen molar-refractivity contribution in [3.63, 3.8) is 0 Å². The van der Waals surface area contributed by atoms with Gasteiger partial charge in [-0.25, -0.2) is 0 Å². The normalized spacial score (nSPS) is 33.6. The molecule has 0 aliphatic carbocycles. The van der Waals surface area contributed by atoms with Crippen molar-refractivity contribution in [3.05, 3.63) is 0 Å². The summed E-state index contributed by atoms with van der Waals surface area (Å²) >= 11 is 0. The number of aliphatic hydroxyl groups is 3. The van der Waals surface area contributed by atoms with Gasteiger partial charge in [-0.2, -0.15) is 0 Å². The number of aliphatic hydroxyl groups excluding tert-OH is 3. The summed E-state index contributed by atoms with van der Waals surface area (Å²) in [6.07, 6.45) is 3.61. The Labute approximate surface area is 248 Å². The van der Waals surface area contributed by atoms with E-state index in [1.807, 2.05) is 7.05 Å². The molecule has 0 radical (unpaired) electrons. The molecule has 7 unspecified atom stereocenters. The minimum Gasteiger partial charge on any atom is -0.394 e. The molecule has 3 rings (SSSR count). The van der Waals surface area contributed by atoms with Gasteiger partial charge >= 0.3 is 0 Å². The van der Waals surface area contributed by atoms with E-state index in [2.05, 4.69) is 84.2 Å². The summed E-state index contributed by atoms with van der Waals surface area (Å²) in [5, 5.41) is 26.9. The number of nitrogens with zero attached hydrogens (tertiary/aromatic N) is 3. The molecule has 3 fully saturated rings. The molecule has 0 spiro atoms. The number of hydrogen-bond acceptors (Lipinski definition) is 9. The van der Waals surface area contributed by atoms with Gasteiger partial charge < -0.3 is 29.5 Å². The van der Waals surface area contributed by atoms with Crippen LogP contribution in [-0.4, -0.2) is 127 Å². The number of ether oxygens (including phenoxy) is 3. The number of rotatable bonds is 9. The van der Waals surface area contributed by atoms with Crippen LogP contribution in [0.1, 0.15) is 89.5 Å². The van der Waals surface area contributed by atoms with E-state index >= 15 is 0 Å². The number of hydrogen-bond donors (Lipinski definition) is 3. The van der Waals surface area contributed by atoms with E-state index in [-0.39, 0.29) is 70.7 Å². The molecule has 0 amide bonds. The Morgan fingerprint density at radius 2 is 1.27 bits per heavy atom. The molecule has 0 saturated carbocycles. The van der Waals surface area contributed by atoms with Crippen LogP contribution in [0.15, 0.2) is 0 Å². The molecule has 3 aliphatic rings. The van der Waals surface area contributed by atoms with Crippen molar-refractivity contribution in [2.75, 3.05) is 60.6 Å². The highest BCUT2D eigenvalue weighted by atomic mass is 16.6. The molecule has 9 nitrogen and oxygen atoms in total. The molecule has 3 aliphatic heterocycles. The van der Waals surface area contributed by atoms with Gasteiger partial charge in [0.15, 0.2) is 0 Å². The predicted octanol–water partition coefficient (Wildman–Crippen LogP) is 4.10. The second-order valence-corrected chi connectivity index (χ2v) is 12.6. The fourth-order valence-electron chi connectivity index (χ4n) is 5.70. The summed E-state index contributed by atoms with van der Waals surface area (Å²) < 4.78 is 17.3. The van der Waals surface area contributed by atoms with E-state index in [0.717, 1.165) is 26.1 Å². The quantitative estimate of drug-likeness (QED) is 0.373. The third kappa shape index (κ3) is 11.7. The van der Waals surface area contributed by atoms with Crippen molar-refractivity contribution in [1.29, 1.82) is 0 Å². The first-order chi connectivity index (χ1) is 17.7. The molecule has 9 heteroatoms. The smallest absolute Gasteiger partial charge is 0.121 e. The molecule has 40 heavy (non-hydrogen) atoms. The van der Waals surface area contributed by atoms with E-state index < -0.39 is 0 Å². The van der Waals surface area contributed by atoms with E-state index in [4.69, 9.17) is 29.5 Å². The Hall–Kier alpha value is -0.360. The van der Waals surface area contributed by atoms with Crippen LogP contribution < -0.4 is 0 Å². The zero-order valence-corrected chi connectivity index (χ0v) is 26.3. The second kappa shape index (κ2) is 19.0. The van der Waals surface area contributed by atoms with Gasteiger partial charge in [0.2, 0.25) is 0 Å². The molecule has 244 valence electrons. The van der Waals surface area contributed by atoms with Crippen LogP contribution in [0.5, 0.6) is 0 Å². The first kappa shape index (κ1) is 41.8. The van der Waals surface area contributed by atoms with Gasteiger partial charge in [0, 0.05) is 19.6 Å².